The van der Waals surface area contributed by atoms with Crippen LogP contribution in [0.25, 0.3) is 0 Å². The van der Waals surface area contributed by atoms with Gasteiger partial charge in [-0.1, -0.05) is 0 Å². The van der Waals surface area contributed by atoms with Crippen molar-refractivity contribution >= 4 is 5.97 Å². The Balaban J connectivity index is 2.24. The molecule has 17 heavy (non-hydrogen) atoms. The SMILES string of the molecule is Cn1c(C(=O)O)cnc1Oc1ccc(O)cc1. The topological polar surface area (TPSA) is 84.6 Å². The second kappa shape index (κ2) is 4.17. The van der Waals surface area contributed by atoms with Gasteiger partial charge in [0.15, 0.2) is 0 Å². The molecule has 0 atom stereocenters. The number of ether oxygens (including phenoxy) is 1. The maximum Gasteiger partial charge on any atom is 0.354 e. The minimum Gasteiger partial charge on any atom is -0.508 e. The van der Waals surface area contributed by atoms with E-state index in [1.54, 1.807) is 19.2 Å². The lowest BCUT2D eigenvalue weighted by molar-refractivity contribution is 0.0685. The van der Waals surface area contributed by atoms with Crippen molar-refractivity contribution in [3.63, 3.8) is 0 Å². The van der Waals surface area contributed by atoms with Crippen LogP contribution in [0.5, 0.6) is 17.5 Å². The summed E-state index contributed by atoms with van der Waals surface area (Å²) in [5, 5.41) is 17.9. The molecule has 0 aliphatic rings. The summed E-state index contributed by atoms with van der Waals surface area (Å²) in [6.07, 6.45) is 1.22. The van der Waals surface area contributed by atoms with Gasteiger partial charge < -0.3 is 14.9 Å². The molecule has 2 aromatic rings. The normalized spacial score (nSPS) is 10.2. The molecule has 1 heterocycles. The molecular formula is C11H10N2O4. The Morgan fingerprint density at radius 2 is 2.00 bits per heavy atom. The number of nitrogens with zero attached hydrogens (tertiary/aromatic N) is 2. The lowest BCUT2D eigenvalue weighted by Gasteiger charge is -2.05. The van der Waals surface area contributed by atoms with Crippen molar-refractivity contribution in [2.24, 2.45) is 7.05 Å². The number of carbonyl (C=O) groups is 1. The summed E-state index contributed by atoms with van der Waals surface area (Å²) in [6, 6.07) is 6.23. The van der Waals surface area contributed by atoms with Crippen LogP contribution in [0.4, 0.5) is 0 Å². The Labute approximate surface area is 96.7 Å². The monoisotopic (exact) mass is 234 g/mol. The summed E-state index contributed by atoms with van der Waals surface area (Å²) < 4.78 is 6.70. The number of aromatic hydroxyl groups is 1. The molecule has 2 N–H and O–H groups in total. The summed E-state index contributed by atoms with van der Waals surface area (Å²) in [7, 11) is 1.55. The number of benzene rings is 1. The molecule has 0 saturated heterocycles. The van der Waals surface area contributed by atoms with Crippen LogP contribution in [0.15, 0.2) is 30.5 Å². The lowest BCUT2D eigenvalue weighted by Crippen LogP contribution is -2.05. The molecule has 0 unspecified atom stereocenters. The van der Waals surface area contributed by atoms with Crippen molar-refractivity contribution in [3.8, 4) is 17.5 Å². The second-order valence-electron chi connectivity index (χ2n) is 3.39. The highest BCUT2D eigenvalue weighted by molar-refractivity contribution is 5.85. The van der Waals surface area contributed by atoms with Crippen molar-refractivity contribution in [1.82, 2.24) is 9.55 Å². The zero-order valence-corrected chi connectivity index (χ0v) is 8.99. The molecule has 0 spiro atoms. The Bertz CT molecular complexity index is 545. The number of carboxylic acids is 1. The van der Waals surface area contributed by atoms with Crippen molar-refractivity contribution in [1.29, 1.82) is 0 Å². The molecule has 0 aliphatic carbocycles. The Kier molecular flexibility index (Phi) is 2.70. The van der Waals surface area contributed by atoms with Gasteiger partial charge in [0.05, 0.1) is 6.20 Å². The number of hydrogen-bond acceptors (Lipinski definition) is 4. The van der Waals surface area contributed by atoms with E-state index in [9.17, 15) is 4.79 Å². The summed E-state index contributed by atoms with van der Waals surface area (Å²) in [5.41, 5.74) is 0.0405. The number of aromatic carboxylic acids is 1. The predicted molar refractivity (Wildman–Crippen MR) is 58.3 cm³/mol. The molecule has 0 bridgehead atoms. The molecule has 1 aromatic heterocycles. The number of imidazole rings is 1. The molecule has 88 valence electrons. The number of phenols is 1. The summed E-state index contributed by atoms with van der Waals surface area (Å²) in [5.74, 6) is -0.475. The average Bonchev–Trinajstić information content (AvgIpc) is 2.64. The van der Waals surface area contributed by atoms with E-state index >= 15 is 0 Å². The van der Waals surface area contributed by atoms with Crippen LogP contribution < -0.4 is 4.74 Å². The van der Waals surface area contributed by atoms with Crippen LogP contribution in [-0.2, 0) is 7.05 Å². The number of carboxylic acid groups (broad SMARTS) is 1. The number of aromatic nitrogens is 2. The van der Waals surface area contributed by atoms with E-state index in [1.807, 2.05) is 0 Å². The van der Waals surface area contributed by atoms with Crippen molar-refractivity contribution < 1.29 is 19.7 Å². The van der Waals surface area contributed by atoms with E-state index in [2.05, 4.69) is 4.98 Å². The highest BCUT2D eigenvalue weighted by atomic mass is 16.5. The predicted octanol–water partition coefficient (Wildman–Crippen LogP) is 1.62. The fraction of sp³-hybridized carbons (Fsp3) is 0.0909. The maximum atomic E-state index is 10.8. The standard InChI is InChI=1S/C11H10N2O4/c1-13-9(10(15)16)6-12-11(13)17-8-4-2-7(14)3-5-8/h2-6,14H,1H3,(H,15,16). The molecule has 0 amide bonds. The Morgan fingerprint density at radius 1 is 1.35 bits per heavy atom. The molecule has 1 aromatic carbocycles. The summed E-state index contributed by atoms with van der Waals surface area (Å²) >= 11 is 0. The third kappa shape index (κ3) is 2.20. The fourth-order valence-corrected chi connectivity index (χ4v) is 1.31. The smallest absolute Gasteiger partial charge is 0.354 e. The van der Waals surface area contributed by atoms with E-state index in [4.69, 9.17) is 14.9 Å². The number of rotatable bonds is 3. The van der Waals surface area contributed by atoms with Gasteiger partial charge in [-0.2, -0.15) is 0 Å². The quantitative estimate of drug-likeness (QED) is 0.842. The van der Waals surface area contributed by atoms with Gasteiger partial charge in [-0.15, -0.1) is 0 Å². The van der Waals surface area contributed by atoms with Crippen LogP contribution in [0.3, 0.4) is 0 Å². The average molecular weight is 234 g/mol. The third-order valence-electron chi connectivity index (χ3n) is 2.21. The van der Waals surface area contributed by atoms with E-state index < -0.39 is 5.97 Å². The van der Waals surface area contributed by atoms with E-state index in [-0.39, 0.29) is 17.5 Å². The fourth-order valence-electron chi connectivity index (χ4n) is 1.31. The minimum atomic E-state index is -1.07. The number of phenolic OH excluding ortho intramolecular Hbond substituents is 1. The lowest BCUT2D eigenvalue weighted by atomic mass is 10.3. The molecule has 2 rings (SSSR count). The van der Waals surface area contributed by atoms with Gasteiger partial charge in [0.1, 0.15) is 17.2 Å². The van der Waals surface area contributed by atoms with Crippen LogP contribution >= 0.6 is 0 Å². The van der Waals surface area contributed by atoms with Gasteiger partial charge in [0.25, 0.3) is 0 Å². The van der Waals surface area contributed by atoms with Crippen LogP contribution in [0, 0.1) is 0 Å². The zero-order valence-electron chi connectivity index (χ0n) is 8.99. The van der Waals surface area contributed by atoms with Gasteiger partial charge in [-0.3, -0.25) is 4.57 Å². The minimum absolute atomic E-state index is 0.0405. The molecule has 0 saturated carbocycles. The Morgan fingerprint density at radius 3 is 2.53 bits per heavy atom. The number of hydrogen-bond donors (Lipinski definition) is 2. The molecule has 6 nitrogen and oxygen atoms in total. The van der Waals surface area contributed by atoms with Gasteiger partial charge in [-0.05, 0) is 24.3 Å². The van der Waals surface area contributed by atoms with Crippen LogP contribution in [-0.4, -0.2) is 25.7 Å². The van der Waals surface area contributed by atoms with Crippen molar-refractivity contribution in [3.05, 3.63) is 36.2 Å². The van der Waals surface area contributed by atoms with E-state index in [0.717, 1.165) is 0 Å². The van der Waals surface area contributed by atoms with Gasteiger partial charge in [-0.25, -0.2) is 9.78 Å². The first-order valence-electron chi connectivity index (χ1n) is 4.80. The van der Waals surface area contributed by atoms with Crippen molar-refractivity contribution in [2.75, 3.05) is 0 Å². The van der Waals surface area contributed by atoms with Crippen LogP contribution in [0.1, 0.15) is 10.5 Å². The summed E-state index contributed by atoms with van der Waals surface area (Å²) in [6.45, 7) is 0. The molecule has 0 aliphatic heterocycles. The van der Waals surface area contributed by atoms with Gasteiger partial charge in [0.2, 0.25) is 0 Å². The zero-order chi connectivity index (χ0) is 12.4. The van der Waals surface area contributed by atoms with E-state index in [1.165, 1.54) is 22.9 Å². The molecule has 6 heteroatoms. The second-order valence-corrected chi connectivity index (χ2v) is 3.39. The highest BCUT2D eigenvalue weighted by Crippen LogP contribution is 2.22. The molecular weight excluding hydrogens is 224 g/mol. The largest absolute Gasteiger partial charge is 0.508 e. The molecule has 0 fully saturated rings. The van der Waals surface area contributed by atoms with Gasteiger partial charge in [0, 0.05) is 7.05 Å². The first kappa shape index (κ1) is 11.0. The summed E-state index contributed by atoms with van der Waals surface area (Å²) in [4.78, 5) is 14.6. The Hall–Kier alpha value is -2.50. The third-order valence-corrected chi connectivity index (χ3v) is 2.21. The van der Waals surface area contributed by atoms with Gasteiger partial charge >= 0.3 is 12.0 Å². The highest BCUT2D eigenvalue weighted by Gasteiger charge is 2.13. The first-order chi connectivity index (χ1) is 8.08. The maximum absolute atomic E-state index is 10.8. The van der Waals surface area contributed by atoms with Crippen molar-refractivity contribution in [2.45, 2.75) is 0 Å². The van der Waals surface area contributed by atoms with E-state index in [0.29, 0.717) is 5.75 Å². The first-order valence-corrected chi connectivity index (χ1v) is 4.80. The molecule has 0 radical (unpaired) electrons. The van der Waals surface area contributed by atoms with Crippen LogP contribution in [0.2, 0.25) is 0 Å².